The third-order valence-corrected chi connectivity index (χ3v) is 6.81. The molecule has 0 saturated carbocycles. The quantitative estimate of drug-likeness (QED) is 0.640. The number of hydrogen-bond donors (Lipinski definition) is 1. The van der Waals surface area contributed by atoms with Crippen molar-refractivity contribution in [2.24, 2.45) is 5.10 Å². The topological polar surface area (TPSA) is 54.6 Å². The molecule has 1 fully saturated rings. The van der Waals surface area contributed by atoms with E-state index >= 15 is 0 Å². The first-order chi connectivity index (χ1) is 11.5. The molecule has 0 atom stereocenters. The Labute approximate surface area is 148 Å². The minimum Gasteiger partial charge on any atom is -0.455 e. The van der Waals surface area contributed by atoms with Gasteiger partial charge in [0.25, 0.3) is 0 Å². The lowest BCUT2D eigenvalue weighted by molar-refractivity contribution is -0.121. The number of amides is 1. The van der Waals surface area contributed by atoms with E-state index in [9.17, 15) is 9.18 Å². The number of nitrogens with zero attached hydrogens (tertiary/aromatic N) is 1. The van der Waals surface area contributed by atoms with Gasteiger partial charge in [-0.2, -0.15) is 5.10 Å². The van der Waals surface area contributed by atoms with E-state index in [0.717, 1.165) is 17.1 Å². The largest absolute Gasteiger partial charge is 0.455 e. The Balaban J connectivity index is 1.55. The van der Waals surface area contributed by atoms with Crippen LogP contribution in [-0.2, 0) is 4.79 Å². The second kappa shape index (κ2) is 7.44. The van der Waals surface area contributed by atoms with Crippen LogP contribution in [0.25, 0.3) is 11.3 Å². The molecule has 1 saturated heterocycles. The summed E-state index contributed by atoms with van der Waals surface area (Å²) in [5.74, 6) is 2.90. The summed E-state index contributed by atoms with van der Waals surface area (Å²) in [6.07, 6.45) is 1.89. The number of benzene rings is 1. The van der Waals surface area contributed by atoms with Gasteiger partial charge >= 0.3 is 0 Å². The fourth-order valence-corrected chi connectivity index (χ4v) is 5.18. The molecule has 7 heteroatoms. The van der Waals surface area contributed by atoms with Crippen molar-refractivity contribution in [2.45, 2.75) is 17.4 Å². The smallest absolute Gasteiger partial charge is 0.242 e. The third-order valence-electron chi connectivity index (χ3n) is 3.52. The van der Waals surface area contributed by atoms with Gasteiger partial charge in [0.05, 0.1) is 16.7 Å². The highest BCUT2D eigenvalue weighted by atomic mass is 32.2. The molecule has 126 valence electrons. The van der Waals surface area contributed by atoms with Gasteiger partial charge in [-0.25, -0.2) is 9.82 Å². The normalized spacial score (nSPS) is 16.6. The van der Waals surface area contributed by atoms with Crippen molar-refractivity contribution in [2.75, 3.05) is 11.5 Å². The van der Waals surface area contributed by atoms with Gasteiger partial charge in [0.2, 0.25) is 5.91 Å². The van der Waals surface area contributed by atoms with Crippen LogP contribution in [0.5, 0.6) is 0 Å². The van der Waals surface area contributed by atoms with Crippen molar-refractivity contribution < 1.29 is 13.6 Å². The van der Waals surface area contributed by atoms with Crippen LogP contribution in [0.4, 0.5) is 4.39 Å². The molecular weight excluding hydrogens is 347 g/mol. The van der Waals surface area contributed by atoms with E-state index in [1.54, 1.807) is 24.3 Å². The number of carbonyl (C=O) groups excluding carboxylic acids is 1. The number of furan rings is 1. The van der Waals surface area contributed by atoms with E-state index in [0.29, 0.717) is 17.9 Å². The third kappa shape index (κ3) is 4.42. The molecule has 24 heavy (non-hydrogen) atoms. The van der Waals surface area contributed by atoms with E-state index in [4.69, 9.17) is 4.42 Å². The predicted octanol–water partition coefficient (Wildman–Crippen LogP) is 4.12. The van der Waals surface area contributed by atoms with Gasteiger partial charge in [0, 0.05) is 17.1 Å². The minimum atomic E-state index is -0.290. The van der Waals surface area contributed by atoms with Crippen LogP contribution in [0, 0.1) is 5.82 Å². The molecule has 1 amide bonds. The summed E-state index contributed by atoms with van der Waals surface area (Å²) in [6, 6.07) is 9.58. The maximum absolute atomic E-state index is 12.9. The summed E-state index contributed by atoms with van der Waals surface area (Å²) in [4.78, 5) is 11.9. The fraction of sp³-hybridized carbons (Fsp3) is 0.294. The number of rotatable bonds is 5. The summed E-state index contributed by atoms with van der Waals surface area (Å²) in [5, 5.41) is 3.94. The lowest BCUT2D eigenvalue weighted by Crippen LogP contribution is -2.26. The number of hydrogen-bond acceptors (Lipinski definition) is 5. The average molecular weight is 364 g/mol. The molecule has 0 unspecified atom stereocenters. The first-order valence-corrected chi connectivity index (χ1v) is 9.47. The molecular formula is C17H17FN2O2S2. The Morgan fingerprint density at radius 2 is 2.00 bits per heavy atom. The minimum absolute atomic E-state index is 0.0555. The van der Waals surface area contributed by atoms with E-state index < -0.39 is 0 Å². The lowest BCUT2D eigenvalue weighted by Gasteiger charge is -2.19. The van der Waals surface area contributed by atoms with Crippen molar-refractivity contribution in [3.63, 3.8) is 0 Å². The first kappa shape index (κ1) is 17.1. The molecule has 1 aliphatic rings. The van der Waals surface area contributed by atoms with E-state index in [2.05, 4.69) is 17.5 Å². The highest BCUT2D eigenvalue weighted by molar-refractivity contribution is 8.21. The summed E-state index contributed by atoms with van der Waals surface area (Å²) in [6.45, 7) is 2.08. The summed E-state index contributed by atoms with van der Waals surface area (Å²) < 4.78 is 18.5. The average Bonchev–Trinajstić information content (AvgIpc) is 3.17. The molecule has 1 aliphatic heterocycles. The summed E-state index contributed by atoms with van der Waals surface area (Å²) in [7, 11) is 0. The zero-order chi connectivity index (χ0) is 17.0. The zero-order valence-corrected chi connectivity index (χ0v) is 14.8. The monoisotopic (exact) mass is 364 g/mol. The summed E-state index contributed by atoms with van der Waals surface area (Å²) in [5.41, 5.74) is 3.31. The van der Waals surface area contributed by atoms with Gasteiger partial charge in [-0.05, 0) is 43.3 Å². The number of hydrazone groups is 1. The van der Waals surface area contributed by atoms with E-state index in [1.807, 2.05) is 23.5 Å². The Morgan fingerprint density at radius 3 is 2.71 bits per heavy atom. The number of thioether (sulfide) groups is 2. The standard InChI is InChI=1S/C17H17FN2O2S2/c1-17(23-8-9-24-17)10-16(21)20-19-11-14-6-7-15(22-14)12-2-4-13(18)5-3-12/h2-7,11H,8-10H2,1H3,(H,20,21)/b19-11+. The molecule has 2 aromatic rings. The number of carbonyl (C=O) groups is 1. The van der Waals surface area contributed by atoms with Gasteiger partial charge in [-0.1, -0.05) is 0 Å². The number of halogens is 1. The van der Waals surface area contributed by atoms with Gasteiger partial charge in [-0.3, -0.25) is 4.79 Å². The molecule has 0 aliphatic carbocycles. The van der Waals surface area contributed by atoms with Crippen molar-refractivity contribution in [3.05, 3.63) is 48.0 Å². The van der Waals surface area contributed by atoms with Crippen LogP contribution in [0.3, 0.4) is 0 Å². The van der Waals surface area contributed by atoms with Crippen LogP contribution in [0.1, 0.15) is 19.1 Å². The molecule has 0 spiro atoms. The van der Waals surface area contributed by atoms with Crippen molar-refractivity contribution in [3.8, 4) is 11.3 Å². The van der Waals surface area contributed by atoms with Gasteiger partial charge < -0.3 is 4.42 Å². The molecule has 4 nitrogen and oxygen atoms in total. The SMILES string of the molecule is CC1(CC(=O)N/N=C/c2ccc(-c3ccc(F)cc3)o2)SCCS1. The maximum Gasteiger partial charge on any atom is 0.242 e. The molecule has 0 bridgehead atoms. The molecule has 0 radical (unpaired) electrons. The van der Waals surface area contributed by atoms with Crippen LogP contribution >= 0.6 is 23.5 Å². The van der Waals surface area contributed by atoms with E-state index in [-0.39, 0.29) is 15.8 Å². The Kier molecular flexibility index (Phi) is 5.30. The molecule has 1 aromatic carbocycles. The Morgan fingerprint density at radius 1 is 1.29 bits per heavy atom. The predicted molar refractivity (Wildman–Crippen MR) is 97.8 cm³/mol. The van der Waals surface area contributed by atoms with Crippen LogP contribution in [-0.4, -0.2) is 27.7 Å². The summed E-state index contributed by atoms with van der Waals surface area (Å²) >= 11 is 3.62. The van der Waals surface area contributed by atoms with Crippen LogP contribution < -0.4 is 5.43 Å². The maximum atomic E-state index is 12.9. The number of nitrogens with one attached hydrogen (secondary N) is 1. The lowest BCUT2D eigenvalue weighted by atomic mass is 10.2. The van der Waals surface area contributed by atoms with E-state index in [1.165, 1.54) is 18.3 Å². The zero-order valence-electron chi connectivity index (χ0n) is 13.1. The Bertz CT molecular complexity index is 737. The first-order valence-electron chi connectivity index (χ1n) is 7.50. The van der Waals surface area contributed by atoms with Gasteiger partial charge in [0.15, 0.2) is 0 Å². The second-order valence-corrected chi connectivity index (χ2v) is 8.96. The van der Waals surface area contributed by atoms with Crippen LogP contribution in [0.2, 0.25) is 0 Å². The van der Waals surface area contributed by atoms with Crippen molar-refractivity contribution in [1.29, 1.82) is 0 Å². The molecule has 1 N–H and O–H groups in total. The highest BCUT2D eigenvalue weighted by Crippen LogP contribution is 2.45. The second-order valence-electron chi connectivity index (χ2n) is 5.51. The Hall–Kier alpha value is -1.73. The molecule has 3 rings (SSSR count). The molecule has 2 heterocycles. The van der Waals surface area contributed by atoms with Crippen molar-refractivity contribution in [1.82, 2.24) is 5.43 Å². The van der Waals surface area contributed by atoms with Gasteiger partial charge in [-0.15, -0.1) is 23.5 Å². The fourth-order valence-electron chi connectivity index (χ4n) is 2.35. The highest BCUT2D eigenvalue weighted by Gasteiger charge is 2.32. The van der Waals surface area contributed by atoms with Gasteiger partial charge in [0.1, 0.15) is 17.3 Å². The molecule has 1 aromatic heterocycles. The van der Waals surface area contributed by atoms with Crippen LogP contribution in [0.15, 0.2) is 45.9 Å². The van der Waals surface area contributed by atoms with Crippen molar-refractivity contribution >= 4 is 35.6 Å².